The number of rotatable bonds is 2. The third-order valence-corrected chi connectivity index (χ3v) is 3.47. The SMILES string of the molecule is O=C(N1CCC(F)(F)CC1)C(F)(F)c1cccc(Cl)c1. The zero-order valence-corrected chi connectivity index (χ0v) is 11.1. The van der Waals surface area contributed by atoms with Crippen LogP contribution >= 0.6 is 11.6 Å². The topological polar surface area (TPSA) is 20.3 Å². The first-order valence-electron chi connectivity index (χ1n) is 6.03. The summed E-state index contributed by atoms with van der Waals surface area (Å²) >= 11 is 5.62. The van der Waals surface area contributed by atoms with Gasteiger partial charge in [-0.3, -0.25) is 4.79 Å². The Balaban J connectivity index is 2.16. The smallest absolute Gasteiger partial charge is 0.337 e. The molecule has 0 saturated carbocycles. The van der Waals surface area contributed by atoms with Gasteiger partial charge in [-0.1, -0.05) is 23.7 Å². The lowest BCUT2D eigenvalue weighted by atomic mass is 10.0. The molecule has 1 saturated heterocycles. The number of nitrogens with zero attached hydrogens (tertiary/aromatic N) is 1. The lowest BCUT2D eigenvalue weighted by Gasteiger charge is -2.33. The molecular formula is C13H12ClF4NO. The zero-order chi connectivity index (χ0) is 15.0. The van der Waals surface area contributed by atoms with Crippen molar-refractivity contribution in [3.63, 3.8) is 0 Å². The van der Waals surface area contributed by atoms with Gasteiger partial charge < -0.3 is 4.90 Å². The molecule has 2 nitrogen and oxygen atoms in total. The number of likely N-dealkylation sites (tertiary alicyclic amines) is 1. The standard InChI is InChI=1S/C13H12ClF4NO/c14-10-3-1-2-9(8-10)13(17,18)11(20)19-6-4-12(15,16)5-7-19/h1-3,8H,4-7H2. The number of alkyl halides is 4. The van der Waals surface area contributed by atoms with Gasteiger partial charge in [-0.05, 0) is 12.1 Å². The van der Waals surface area contributed by atoms with E-state index in [2.05, 4.69) is 0 Å². The number of hydrogen-bond donors (Lipinski definition) is 0. The molecule has 0 radical (unpaired) electrons. The van der Waals surface area contributed by atoms with Gasteiger partial charge in [0.1, 0.15) is 0 Å². The van der Waals surface area contributed by atoms with Crippen molar-refractivity contribution in [3.8, 4) is 0 Å². The van der Waals surface area contributed by atoms with Gasteiger partial charge in [0.05, 0.1) is 0 Å². The molecule has 1 aliphatic rings. The van der Waals surface area contributed by atoms with Gasteiger partial charge >= 0.3 is 5.92 Å². The van der Waals surface area contributed by atoms with E-state index < -0.39 is 36.2 Å². The van der Waals surface area contributed by atoms with E-state index in [1.54, 1.807) is 0 Å². The van der Waals surface area contributed by atoms with E-state index in [9.17, 15) is 22.4 Å². The molecule has 0 N–H and O–H groups in total. The van der Waals surface area contributed by atoms with Gasteiger partial charge in [-0.15, -0.1) is 0 Å². The minimum Gasteiger partial charge on any atom is -0.337 e. The number of carbonyl (C=O) groups excluding carboxylic acids is 1. The lowest BCUT2D eigenvalue weighted by molar-refractivity contribution is -0.164. The molecule has 0 bridgehead atoms. The number of halogens is 5. The van der Waals surface area contributed by atoms with Crippen molar-refractivity contribution < 1.29 is 22.4 Å². The second-order valence-electron chi connectivity index (χ2n) is 4.73. The second-order valence-corrected chi connectivity index (χ2v) is 5.17. The number of carbonyl (C=O) groups is 1. The molecule has 1 aromatic carbocycles. The molecule has 2 rings (SSSR count). The Bertz CT molecular complexity index is 511. The van der Waals surface area contributed by atoms with Gasteiger partial charge in [0.2, 0.25) is 0 Å². The summed E-state index contributed by atoms with van der Waals surface area (Å²) in [7, 11) is 0. The first-order chi connectivity index (χ1) is 9.22. The summed E-state index contributed by atoms with van der Waals surface area (Å²) in [6, 6.07) is 4.80. The van der Waals surface area contributed by atoms with Crippen molar-refractivity contribution in [2.45, 2.75) is 24.7 Å². The summed E-state index contributed by atoms with van der Waals surface area (Å²) in [6.45, 7) is -0.746. The summed E-state index contributed by atoms with van der Waals surface area (Å²) in [5, 5.41) is 0.0835. The van der Waals surface area contributed by atoms with Crippen molar-refractivity contribution >= 4 is 17.5 Å². The minimum absolute atomic E-state index is 0.0835. The molecule has 1 aliphatic heterocycles. The Morgan fingerprint density at radius 2 is 1.85 bits per heavy atom. The van der Waals surface area contributed by atoms with Crippen LogP contribution in [-0.2, 0) is 10.7 Å². The van der Waals surface area contributed by atoms with Crippen LogP contribution in [0.25, 0.3) is 0 Å². The second kappa shape index (κ2) is 5.24. The molecule has 1 heterocycles. The zero-order valence-electron chi connectivity index (χ0n) is 10.4. The minimum atomic E-state index is -3.77. The fraction of sp³-hybridized carbons (Fsp3) is 0.462. The van der Waals surface area contributed by atoms with Crippen LogP contribution in [0.15, 0.2) is 24.3 Å². The highest BCUT2D eigenvalue weighted by Gasteiger charge is 2.46. The fourth-order valence-corrected chi connectivity index (χ4v) is 2.23. The normalized spacial score (nSPS) is 18.9. The van der Waals surface area contributed by atoms with E-state index in [0.717, 1.165) is 17.0 Å². The Kier molecular flexibility index (Phi) is 3.95. The maximum atomic E-state index is 14.1. The summed E-state index contributed by atoms with van der Waals surface area (Å²) in [4.78, 5) is 12.6. The van der Waals surface area contributed by atoms with Crippen LogP contribution in [0.4, 0.5) is 17.6 Å². The van der Waals surface area contributed by atoms with Crippen LogP contribution in [0.1, 0.15) is 18.4 Å². The molecule has 1 fully saturated rings. The average molecular weight is 310 g/mol. The van der Waals surface area contributed by atoms with E-state index in [0.29, 0.717) is 0 Å². The first kappa shape index (κ1) is 15.1. The largest absolute Gasteiger partial charge is 0.350 e. The van der Waals surface area contributed by atoms with Crippen LogP contribution in [0.2, 0.25) is 5.02 Å². The van der Waals surface area contributed by atoms with Crippen molar-refractivity contribution in [2.75, 3.05) is 13.1 Å². The fourth-order valence-electron chi connectivity index (χ4n) is 2.04. The third kappa shape index (κ3) is 3.06. The highest BCUT2D eigenvalue weighted by Crippen LogP contribution is 2.34. The van der Waals surface area contributed by atoms with Crippen molar-refractivity contribution in [1.29, 1.82) is 0 Å². The Labute approximate surface area is 118 Å². The summed E-state index contributed by atoms with van der Waals surface area (Å²) in [6.07, 6.45) is -1.19. The van der Waals surface area contributed by atoms with Gasteiger partial charge in [-0.2, -0.15) is 8.78 Å². The summed E-state index contributed by atoms with van der Waals surface area (Å²) in [5.74, 6) is -8.12. The third-order valence-electron chi connectivity index (χ3n) is 3.24. The van der Waals surface area contributed by atoms with Crippen molar-refractivity contribution in [3.05, 3.63) is 34.9 Å². The highest BCUT2D eigenvalue weighted by molar-refractivity contribution is 6.30. The molecule has 0 unspecified atom stereocenters. The van der Waals surface area contributed by atoms with Gasteiger partial charge in [0.15, 0.2) is 0 Å². The van der Waals surface area contributed by atoms with Crippen LogP contribution in [0.3, 0.4) is 0 Å². The quantitative estimate of drug-likeness (QED) is 0.763. The Morgan fingerprint density at radius 1 is 1.25 bits per heavy atom. The van der Waals surface area contributed by atoms with E-state index in [1.807, 2.05) is 0 Å². The predicted molar refractivity (Wildman–Crippen MR) is 66.1 cm³/mol. The van der Waals surface area contributed by atoms with Gasteiger partial charge in [0.25, 0.3) is 11.8 Å². The lowest BCUT2D eigenvalue weighted by Crippen LogP contribution is -2.48. The van der Waals surface area contributed by atoms with Crippen molar-refractivity contribution in [1.82, 2.24) is 4.90 Å². The molecular weight excluding hydrogens is 298 g/mol. The summed E-state index contributed by atoms with van der Waals surface area (Å²) in [5.41, 5.74) is -0.535. The van der Waals surface area contributed by atoms with Gasteiger partial charge in [0, 0.05) is 36.5 Å². The Hall–Kier alpha value is -1.30. The van der Waals surface area contributed by atoms with Crippen LogP contribution in [0, 0.1) is 0 Å². The maximum absolute atomic E-state index is 14.1. The molecule has 0 atom stereocenters. The Morgan fingerprint density at radius 3 is 2.40 bits per heavy atom. The molecule has 1 amide bonds. The van der Waals surface area contributed by atoms with Gasteiger partial charge in [-0.25, -0.2) is 8.78 Å². The number of hydrogen-bond acceptors (Lipinski definition) is 1. The predicted octanol–water partition coefficient (Wildman–Crippen LogP) is 3.69. The molecule has 0 aliphatic carbocycles. The van der Waals surface area contributed by atoms with E-state index >= 15 is 0 Å². The molecule has 1 aromatic rings. The van der Waals surface area contributed by atoms with E-state index in [-0.39, 0.29) is 18.1 Å². The first-order valence-corrected chi connectivity index (χ1v) is 6.41. The number of piperidine rings is 1. The maximum Gasteiger partial charge on any atom is 0.350 e. The average Bonchev–Trinajstić information content (AvgIpc) is 2.38. The van der Waals surface area contributed by atoms with E-state index in [4.69, 9.17) is 11.6 Å². The highest BCUT2D eigenvalue weighted by atomic mass is 35.5. The van der Waals surface area contributed by atoms with Crippen molar-refractivity contribution in [2.24, 2.45) is 0 Å². The number of amides is 1. The molecule has 0 spiro atoms. The molecule has 20 heavy (non-hydrogen) atoms. The number of benzene rings is 1. The molecule has 7 heteroatoms. The monoisotopic (exact) mass is 309 g/mol. The molecule has 110 valence electrons. The molecule has 0 aromatic heterocycles. The van der Waals surface area contributed by atoms with Crippen LogP contribution in [-0.4, -0.2) is 29.8 Å². The van der Waals surface area contributed by atoms with Crippen LogP contribution in [0.5, 0.6) is 0 Å². The van der Waals surface area contributed by atoms with E-state index in [1.165, 1.54) is 12.1 Å². The van der Waals surface area contributed by atoms with Crippen LogP contribution < -0.4 is 0 Å². The summed E-state index contributed by atoms with van der Waals surface area (Å²) < 4.78 is 54.1.